The van der Waals surface area contributed by atoms with Crippen LogP contribution in [-0.2, 0) is 27.2 Å². The van der Waals surface area contributed by atoms with Gasteiger partial charge in [0, 0.05) is 20.7 Å². The van der Waals surface area contributed by atoms with Crippen molar-refractivity contribution in [3.63, 3.8) is 0 Å². The summed E-state index contributed by atoms with van der Waals surface area (Å²) in [6.45, 7) is 5.88. The maximum absolute atomic E-state index is 13.4. The molecule has 1 aliphatic heterocycles. The van der Waals surface area contributed by atoms with Crippen molar-refractivity contribution in [3.05, 3.63) is 73.3 Å². The smallest absolute Gasteiger partial charge is 0.341 e. The minimum Gasteiger partial charge on any atom is -0.462 e. The number of urea groups is 1. The molecule has 38 heavy (non-hydrogen) atoms. The number of aryl methyl sites for hydroxylation is 2. The highest BCUT2D eigenvalue weighted by Gasteiger charge is 2.37. The SMILES string of the molecule is CCOC(=O)c1c(-n2c(C)cc(/C=C3/C(=O)NC(=O)N(c4ccc(Br)cc4)C3=O)c2C)sc2c1CCCC2. The standard InChI is InChI=1S/C28H26BrN3O5S/c1-4-37-27(35)23-20-7-5-6-8-22(20)38-26(23)31-15(2)13-17(16(31)3)14-21-24(33)30-28(36)32(25(21)34)19-11-9-18(29)10-12-19/h9-14H,4-8H2,1-3H3,(H,30,33,36)/b21-14-. The van der Waals surface area contributed by atoms with Crippen molar-refractivity contribution in [2.45, 2.75) is 46.5 Å². The van der Waals surface area contributed by atoms with Gasteiger partial charge in [0.2, 0.25) is 0 Å². The molecule has 2 aliphatic rings. The number of aromatic nitrogens is 1. The zero-order chi connectivity index (χ0) is 27.1. The number of carbonyl (C=O) groups excluding carboxylic acids is 4. The molecule has 1 aliphatic carbocycles. The first kappa shape index (κ1) is 26.1. The number of ether oxygens (including phenoxy) is 1. The molecule has 3 aromatic rings. The summed E-state index contributed by atoms with van der Waals surface area (Å²) in [6.07, 6.45) is 5.39. The number of hydrogen-bond acceptors (Lipinski definition) is 6. The van der Waals surface area contributed by atoms with E-state index in [1.54, 1.807) is 42.5 Å². The molecule has 0 bridgehead atoms. The number of nitrogens with zero attached hydrogens (tertiary/aromatic N) is 2. The van der Waals surface area contributed by atoms with Gasteiger partial charge in [-0.1, -0.05) is 15.9 Å². The summed E-state index contributed by atoms with van der Waals surface area (Å²) in [6, 6.07) is 7.74. The Morgan fingerprint density at radius 2 is 1.84 bits per heavy atom. The third-order valence-corrected chi connectivity index (χ3v) is 8.60. The topological polar surface area (TPSA) is 97.7 Å². The van der Waals surface area contributed by atoms with E-state index in [1.807, 2.05) is 24.5 Å². The first-order valence-electron chi connectivity index (χ1n) is 12.4. The lowest BCUT2D eigenvalue weighted by atomic mass is 9.95. The molecule has 0 unspecified atom stereocenters. The van der Waals surface area contributed by atoms with E-state index in [4.69, 9.17) is 4.74 Å². The summed E-state index contributed by atoms with van der Waals surface area (Å²) >= 11 is 4.94. The van der Waals surface area contributed by atoms with Crippen molar-refractivity contribution in [1.29, 1.82) is 0 Å². The molecule has 2 aromatic heterocycles. The third kappa shape index (κ3) is 4.52. The molecule has 1 fully saturated rings. The Labute approximate surface area is 232 Å². The second-order valence-electron chi connectivity index (χ2n) is 9.21. The molecule has 1 N–H and O–H groups in total. The molecule has 0 atom stereocenters. The zero-order valence-electron chi connectivity index (χ0n) is 21.2. The number of esters is 1. The summed E-state index contributed by atoms with van der Waals surface area (Å²) in [5, 5.41) is 3.06. The van der Waals surface area contributed by atoms with Crippen LogP contribution in [0.4, 0.5) is 10.5 Å². The number of fused-ring (bicyclic) bond motifs is 1. The number of barbiturate groups is 1. The van der Waals surface area contributed by atoms with E-state index >= 15 is 0 Å². The molecule has 196 valence electrons. The fourth-order valence-electron chi connectivity index (χ4n) is 5.01. The zero-order valence-corrected chi connectivity index (χ0v) is 23.6. The molecule has 1 aromatic carbocycles. The van der Waals surface area contributed by atoms with E-state index in [0.29, 0.717) is 16.8 Å². The van der Waals surface area contributed by atoms with Crippen molar-refractivity contribution < 1.29 is 23.9 Å². The number of nitrogens with one attached hydrogen (secondary N) is 1. The number of amides is 4. The number of anilines is 1. The van der Waals surface area contributed by atoms with Gasteiger partial charge >= 0.3 is 12.0 Å². The lowest BCUT2D eigenvalue weighted by Crippen LogP contribution is -2.54. The van der Waals surface area contributed by atoms with Crippen LogP contribution in [0.15, 0.2) is 40.4 Å². The van der Waals surface area contributed by atoms with E-state index in [1.165, 1.54) is 11.0 Å². The van der Waals surface area contributed by atoms with Gasteiger partial charge in [-0.25, -0.2) is 14.5 Å². The monoisotopic (exact) mass is 595 g/mol. The average molecular weight is 597 g/mol. The Morgan fingerprint density at radius 1 is 1.13 bits per heavy atom. The maximum Gasteiger partial charge on any atom is 0.341 e. The summed E-state index contributed by atoms with van der Waals surface area (Å²) < 4.78 is 8.21. The fourth-order valence-corrected chi connectivity index (χ4v) is 6.76. The minimum absolute atomic E-state index is 0.149. The fraction of sp³-hybridized carbons (Fsp3) is 0.286. The Morgan fingerprint density at radius 3 is 2.55 bits per heavy atom. The van der Waals surface area contributed by atoms with Gasteiger partial charge in [0.1, 0.15) is 10.6 Å². The van der Waals surface area contributed by atoms with Gasteiger partial charge in [-0.15, -0.1) is 11.3 Å². The molecule has 0 radical (unpaired) electrons. The molecule has 10 heteroatoms. The van der Waals surface area contributed by atoms with E-state index < -0.39 is 17.8 Å². The Balaban J connectivity index is 1.58. The highest BCUT2D eigenvalue weighted by molar-refractivity contribution is 9.10. The van der Waals surface area contributed by atoms with Gasteiger partial charge in [-0.2, -0.15) is 0 Å². The van der Waals surface area contributed by atoms with Crippen LogP contribution in [0.2, 0.25) is 0 Å². The van der Waals surface area contributed by atoms with Crippen LogP contribution in [0.25, 0.3) is 11.1 Å². The van der Waals surface area contributed by atoms with Gasteiger partial charge in [-0.05, 0) is 94.0 Å². The number of benzene rings is 1. The normalized spacial score (nSPS) is 16.6. The Kier molecular flexibility index (Phi) is 7.11. The quantitative estimate of drug-likeness (QED) is 0.234. The number of rotatable bonds is 5. The first-order chi connectivity index (χ1) is 18.2. The number of imide groups is 2. The van der Waals surface area contributed by atoms with Crippen LogP contribution in [0.5, 0.6) is 0 Å². The van der Waals surface area contributed by atoms with Crippen molar-refractivity contribution in [1.82, 2.24) is 9.88 Å². The largest absolute Gasteiger partial charge is 0.462 e. The molecule has 5 rings (SSSR count). The average Bonchev–Trinajstić information content (AvgIpc) is 3.38. The third-order valence-electron chi connectivity index (χ3n) is 6.79. The van der Waals surface area contributed by atoms with Crippen LogP contribution in [0.3, 0.4) is 0 Å². The van der Waals surface area contributed by atoms with E-state index in [-0.39, 0.29) is 18.1 Å². The van der Waals surface area contributed by atoms with Crippen LogP contribution in [0, 0.1) is 13.8 Å². The van der Waals surface area contributed by atoms with Crippen molar-refractivity contribution >= 4 is 62.8 Å². The molecule has 0 saturated carbocycles. The molecule has 4 amide bonds. The van der Waals surface area contributed by atoms with Gasteiger partial charge in [0.15, 0.2) is 0 Å². The van der Waals surface area contributed by atoms with Gasteiger partial charge < -0.3 is 9.30 Å². The summed E-state index contributed by atoms with van der Waals surface area (Å²) in [7, 11) is 0. The van der Waals surface area contributed by atoms with Crippen LogP contribution in [-0.4, -0.2) is 35.0 Å². The van der Waals surface area contributed by atoms with Gasteiger partial charge in [0.25, 0.3) is 11.8 Å². The highest BCUT2D eigenvalue weighted by Crippen LogP contribution is 2.39. The molecular weight excluding hydrogens is 570 g/mol. The maximum atomic E-state index is 13.4. The van der Waals surface area contributed by atoms with E-state index in [2.05, 4.69) is 21.2 Å². The van der Waals surface area contributed by atoms with E-state index in [9.17, 15) is 19.2 Å². The predicted octanol–water partition coefficient (Wildman–Crippen LogP) is 5.64. The second-order valence-corrected chi connectivity index (χ2v) is 11.2. The van der Waals surface area contributed by atoms with E-state index in [0.717, 1.165) is 57.0 Å². The molecule has 8 nitrogen and oxygen atoms in total. The van der Waals surface area contributed by atoms with Crippen molar-refractivity contribution in [2.24, 2.45) is 0 Å². The number of thiophene rings is 1. The molecule has 3 heterocycles. The summed E-state index contributed by atoms with van der Waals surface area (Å²) in [5.74, 6) is -1.79. The minimum atomic E-state index is -0.798. The first-order valence-corrected chi connectivity index (χ1v) is 14.0. The molecular formula is C28H26BrN3O5S. The van der Waals surface area contributed by atoms with Gasteiger partial charge in [0.05, 0.1) is 17.9 Å². The van der Waals surface area contributed by atoms with Crippen molar-refractivity contribution in [3.8, 4) is 5.00 Å². The van der Waals surface area contributed by atoms with Gasteiger partial charge in [-0.3, -0.25) is 14.9 Å². The lowest BCUT2D eigenvalue weighted by molar-refractivity contribution is -0.122. The van der Waals surface area contributed by atoms with Crippen molar-refractivity contribution in [2.75, 3.05) is 11.5 Å². The number of hydrogen-bond donors (Lipinski definition) is 1. The number of carbonyl (C=O) groups is 4. The van der Waals surface area contributed by atoms with Crippen LogP contribution < -0.4 is 10.2 Å². The Hall–Kier alpha value is -3.50. The lowest BCUT2D eigenvalue weighted by Gasteiger charge is -2.26. The Bertz CT molecular complexity index is 1520. The van der Waals surface area contributed by atoms with Crippen LogP contribution in [0.1, 0.15) is 57.5 Å². The highest BCUT2D eigenvalue weighted by atomic mass is 79.9. The summed E-state index contributed by atoms with van der Waals surface area (Å²) in [4.78, 5) is 53.9. The second kappa shape index (κ2) is 10.3. The molecule has 0 spiro atoms. The number of halogens is 1. The van der Waals surface area contributed by atoms with Crippen LogP contribution >= 0.6 is 27.3 Å². The predicted molar refractivity (Wildman–Crippen MR) is 149 cm³/mol. The molecule has 1 saturated heterocycles. The summed E-state index contributed by atoms with van der Waals surface area (Å²) in [5.41, 5.74) is 4.13.